The largest absolute Gasteiger partial charge is 0.455 e. The lowest BCUT2D eigenvalue weighted by Crippen LogP contribution is -2.35. The zero-order valence-corrected chi connectivity index (χ0v) is 27.5. The van der Waals surface area contributed by atoms with Gasteiger partial charge in [0.1, 0.15) is 28.3 Å². The van der Waals surface area contributed by atoms with E-state index in [0.29, 0.717) is 38.9 Å². The molecule has 9 rings (SSSR count). The van der Waals surface area contributed by atoms with Crippen molar-refractivity contribution in [3.63, 3.8) is 0 Å². The van der Waals surface area contributed by atoms with Gasteiger partial charge in [-0.3, -0.25) is 0 Å². The van der Waals surface area contributed by atoms with Crippen molar-refractivity contribution in [1.82, 2.24) is 0 Å². The van der Waals surface area contributed by atoms with Gasteiger partial charge in [0.05, 0.1) is 10.6 Å². The second-order valence-corrected chi connectivity index (χ2v) is 15.1. The predicted molar refractivity (Wildman–Crippen MR) is 197 cm³/mol. The van der Waals surface area contributed by atoms with Gasteiger partial charge in [0.25, 0.3) is 0 Å². The molecule has 4 heteroatoms. The van der Waals surface area contributed by atoms with Gasteiger partial charge in [-0.1, -0.05) is 121 Å². The molecule has 0 N–H and O–H groups in total. The molecule has 7 aromatic rings. The van der Waals surface area contributed by atoms with E-state index in [1.54, 1.807) is 0 Å². The first kappa shape index (κ1) is 28.6. The molecule has 0 amide bonds. The van der Waals surface area contributed by atoms with E-state index in [0.717, 1.165) is 50.1 Å². The lowest BCUT2D eigenvalue weighted by molar-refractivity contribution is 0.464. The Kier molecular flexibility index (Phi) is 6.54. The van der Waals surface area contributed by atoms with E-state index in [-0.39, 0.29) is 0 Å². The third kappa shape index (κ3) is 4.32. The second-order valence-electron chi connectivity index (χ2n) is 12.5. The van der Waals surface area contributed by atoms with Crippen molar-refractivity contribution in [2.75, 3.05) is 0 Å². The first-order valence-electron chi connectivity index (χ1n) is 16.2. The Bertz CT molecular complexity index is 2450. The molecule has 230 valence electrons. The van der Waals surface area contributed by atoms with Crippen LogP contribution in [-0.4, -0.2) is 0 Å². The summed E-state index contributed by atoms with van der Waals surface area (Å²) in [7, 11) is -3.51. The molecular formula is C44H31O3P. The second kappa shape index (κ2) is 11.0. The maximum Gasteiger partial charge on any atom is 0.185 e. The van der Waals surface area contributed by atoms with E-state index in [4.69, 9.17) is 9.47 Å². The average Bonchev–Trinajstić information content (AvgIpc) is 3.12. The summed E-state index contributed by atoms with van der Waals surface area (Å²) >= 11 is 0. The predicted octanol–water partition coefficient (Wildman–Crippen LogP) is 10.8. The Morgan fingerprint density at radius 1 is 0.417 bits per heavy atom. The molecule has 0 saturated carbocycles. The number of benzene rings is 7. The van der Waals surface area contributed by atoms with Gasteiger partial charge in [0.15, 0.2) is 7.14 Å². The summed E-state index contributed by atoms with van der Waals surface area (Å²) in [6.45, 7) is 4.21. The lowest BCUT2D eigenvalue weighted by atomic mass is 9.94. The highest BCUT2D eigenvalue weighted by Gasteiger charge is 2.48. The van der Waals surface area contributed by atoms with Crippen LogP contribution in [0.25, 0.3) is 44.5 Å². The maximum atomic E-state index is 16.4. The molecule has 1 atom stereocenters. The van der Waals surface area contributed by atoms with Gasteiger partial charge < -0.3 is 14.0 Å². The first-order chi connectivity index (χ1) is 23.5. The molecule has 0 aromatic heterocycles. The van der Waals surface area contributed by atoms with Gasteiger partial charge in [-0.15, -0.1) is 0 Å². The van der Waals surface area contributed by atoms with Crippen LogP contribution in [0.1, 0.15) is 11.1 Å². The number of rotatable bonds is 4. The number of aryl methyl sites for hydroxylation is 2. The Morgan fingerprint density at radius 2 is 0.917 bits per heavy atom. The number of fused-ring (bicyclic) bond motifs is 4. The van der Waals surface area contributed by atoms with Crippen LogP contribution >= 0.6 is 7.14 Å². The van der Waals surface area contributed by atoms with Gasteiger partial charge in [0.2, 0.25) is 0 Å². The van der Waals surface area contributed by atoms with Crippen LogP contribution in [0.3, 0.4) is 0 Å². The minimum atomic E-state index is -3.51. The van der Waals surface area contributed by atoms with E-state index in [1.807, 2.05) is 78.9 Å². The molecule has 48 heavy (non-hydrogen) atoms. The minimum Gasteiger partial charge on any atom is -0.455 e. The van der Waals surface area contributed by atoms with Crippen LogP contribution in [0.5, 0.6) is 23.0 Å². The zero-order valence-electron chi connectivity index (χ0n) is 26.6. The monoisotopic (exact) mass is 638 g/mol. The molecule has 0 bridgehead atoms. The van der Waals surface area contributed by atoms with Crippen molar-refractivity contribution in [3.8, 4) is 67.5 Å². The standard InChI is InChI=1S/C44H31O3P/c1-28-13-9-11-19-34(28)33-22-24-41-39(26-33)46-42-36(31-17-7-4-8-18-31)27-37(35-20-12-10-14-29(35)2)43-44(42)48(41,45)40-23-21-32(25-38(40)47-43)30-15-5-3-6-16-30/h3-27H,1-2H3. The molecule has 3 nitrogen and oxygen atoms in total. The number of ether oxygens (including phenoxy) is 2. The highest BCUT2D eigenvalue weighted by molar-refractivity contribution is 7.86. The fraction of sp³-hybridized carbons (Fsp3) is 0.0455. The van der Waals surface area contributed by atoms with Gasteiger partial charge in [-0.05, 0) is 88.7 Å². The molecule has 2 aliphatic heterocycles. The van der Waals surface area contributed by atoms with Gasteiger partial charge in [0, 0.05) is 11.1 Å². The molecule has 0 fully saturated rings. The minimum absolute atomic E-state index is 0.587. The SMILES string of the molecule is Cc1ccccc1-c1ccc2c(c1)Oc1c(-c3ccccc3)cc(-c3ccccc3C)c3c1P2(=O)c1ccc(-c2ccccc2)cc1O3. The Balaban J connectivity index is 1.38. The van der Waals surface area contributed by atoms with Crippen molar-refractivity contribution < 1.29 is 14.0 Å². The van der Waals surface area contributed by atoms with Crippen LogP contribution in [0.4, 0.5) is 0 Å². The normalized spacial score (nSPS) is 15.4. The molecule has 0 spiro atoms. The maximum absolute atomic E-state index is 16.4. The molecule has 1 unspecified atom stereocenters. The molecule has 0 radical (unpaired) electrons. The third-order valence-electron chi connectivity index (χ3n) is 9.63. The quantitative estimate of drug-likeness (QED) is 0.180. The topological polar surface area (TPSA) is 35.5 Å². The van der Waals surface area contributed by atoms with E-state index in [2.05, 4.69) is 86.6 Å². The van der Waals surface area contributed by atoms with Gasteiger partial charge in [-0.2, -0.15) is 0 Å². The summed E-state index contributed by atoms with van der Waals surface area (Å²) in [4.78, 5) is 0. The molecule has 0 saturated heterocycles. The van der Waals surface area contributed by atoms with Crippen LogP contribution in [0.2, 0.25) is 0 Å². The molecule has 0 aliphatic carbocycles. The first-order valence-corrected chi connectivity index (χ1v) is 17.9. The smallest absolute Gasteiger partial charge is 0.185 e. The van der Waals surface area contributed by atoms with Crippen molar-refractivity contribution in [2.45, 2.75) is 13.8 Å². The molecule has 2 heterocycles. The van der Waals surface area contributed by atoms with Crippen LogP contribution < -0.4 is 25.4 Å². The molecule has 7 aromatic carbocycles. The Morgan fingerprint density at radius 3 is 1.54 bits per heavy atom. The van der Waals surface area contributed by atoms with Crippen LogP contribution in [0.15, 0.2) is 152 Å². The summed E-state index contributed by atoms with van der Waals surface area (Å²) in [5.74, 6) is 2.40. The molecule has 2 aliphatic rings. The summed E-state index contributed by atoms with van der Waals surface area (Å²) in [5, 5.41) is 2.00. The average molecular weight is 639 g/mol. The van der Waals surface area contributed by atoms with Crippen molar-refractivity contribution in [3.05, 3.63) is 163 Å². The van der Waals surface area contributed by atoms with E-state index >= 15 is 4.57 Å². The van der Waals surface area contributed by atoms with E-state index in [1.165, 1.54) is 5.56 Å². The van der Waals surface area contributed by atoms with Gasteiger partial charge in [-0.25, -0.2) is 0 Å². The van der Waals surface area contributed by atoms with E-state index in [9.17, 15) is 0 Å². The number of hydrogen-bond donors (Lipinski definition) is 0. The molecular weight excluding hydrogens is 607 g/mol. The summed E-state index contributed by atoms with van der Waals surface area (Å²) < 4.78 is 30.3. The van der Waals surface area contributed by atoms with Crippen molar-refractivity contribution in [1.29, 1.82) is 0 Å². The van der Waals surface area contributed by atoms with Crippen LogP contribution in [-0.2, 0) is 4.57 Å². The number of hydrogen-bond acceptors (Lipinski definition) is 3. The lowest BCUT2D eigenvalue weighted by Gasteiger charge is -2.37. The fourth-order valence-electron chi connectivity index (χ4n) is 7.21. The zero-order chi connectivity index (χ0) is 32.4. The third-order valence-corrected chi connectivity index (χ3v) is 12.8. The van der Waals surface area contributed by atoms with E-state index < -0.39 is 7.14 Å². The summed E-state index contributed by atoms with van der Waals surface area (Å²) in [6, 6.07) is 51.5. The summed E-state index contributed by atoms with van der Waals surface area (Å²) in [6.07, 6.45) is 0. The van der Waals surface area contributed by atoms with Crippen LogP contribution in [0, 0.1) is 13.8 Å². The highest BCUT2D eigenvalue weighted by atomic mass is 31.2. The fourth-order valence-corrected chi connectivity index (χ4v) is 10.3. The Labute approximate surface area is 280 Å². The summed E-state index contributed by atoms with van der Waals surface area (Å²) in [5.41, 5.74) is 10.3. The Hall–Kier alpha value is -5.63. The van der Waals surface area contributed by atoms with Crippen molar-refractivity contribution >= 4 is 23.1 Å². The van der Waals surface area contributed by atoms with Gasteiger partial charge >= 0.3 is 0 Å². The van der Waals surface area contributed by atoms with Crippen molar-refractivity contribution in [2.24, 2.45) is 0 Å². The highest BCUT2D eigenvalue weighted by Crippen LogP contribution is 2.62.